The molecule has 0 fully saturated rings. The van der Waals surface area contributed by atoms with Crippen molar-refractivity contribution < 1.29 is 30.0 Å². The number of hydrogen-bond acceptors (Lipinski definition) is 10. The zero-order valence-corrected chi connectivity index (χ0v) is 16.2. The van der Waals surface area contributed by atoms with E-state index in [-0.39, 0.29) is 25.8 Å². The minimum Gasteiger partial charge on any atom is -0.457 e. The Hall–Kier alpha value is -2.44. The Balaban J connectivity index is 2.15. The molecule has 0 atom stereocenters. The molecule has 0 aliphatic rings. The highest BCUT2D eigenvalue weighted by Crippen LogP contribution is 2.24. The van der Waals surface area contributed by atoms with E-state index in [9.17, 15) is 25.3 Å². The molecule has 28 heavy (non-hydrogen) atoms. The zero-order chi connectivity index (χ0) is 20.9. The first-order valence-electron chi connectivity index (χ1n) is 7.02. The van der Waals surface area contributed by atoms with E-state index in [0.29, 0.717) is 0 Å². The molecule has 0 aliphatic carbocycles. The molecule has 2 aromatic carbocycles. The van der Waals surface area contributed by atoms with Gasteiger partial charge in [-0.15, -0.1) is 5.53 Å². The molecule has 152 valence electrons. The molecule has 2 aromatic rings. The van der Waals surface area contributed by atoms with E-state index in [1.807, 2.05) is 0 Å². The number of benzene rings is 2. The third-order valence-electron chi connectivity index (χ3n) is 3.12. The van der Waals surface area contributed by atoms with Crippen molar-refractivity contribution in [3.63, 3.8) is 0 Å². The highest BCUT2D eigenvalue weighted by molar-refractivity contribution is 7.89. The van der Waals surface area contributed by atoms with Crippen LogP contribution in [0.3, 0.4) is 0 Å². The molecule has 2 rings (SSSR count). The van der Waals surface area contributed by atoms with Crippen LogP contribution in [0.5, 0.6) is 11.5 Å². The molecular weight excluding hydrogens is 436 g/mol. The number of hydrogen-bond donors (Lipinski definition) is 4. The van der Waals surface area contributed by atoms with E-state index in [4.69, 9.17) is 16.4 Å². The van der Waals surface area contributed by atoms with Crippen LogP contribution < -0.4 is 26.8 Å². The van der Waals surface area contributed by atoms with E-state index in [2.05, 4.69) is 4.47 Å². The minimum absolute atomic E-state index is 0.0311. The predicted octanol–water partition coefficient (Wildman–Crippen LogP) is -1.02. The van der Waals surface area contributed by atoms with Gasteiger partial charge in [0.2, 0.25) is 0 Å². The monoisotopic (exact) mass is 450 g/mol. The number of hydrazine groups is 3. The Kier molecular flexibility index (Phi) is 6.80. The van der Waals surface area contributed by atoms with Crippen LogP contribution in [0.15, 0.2) is 62.8 Å². The maximum Gasteiger partial charge on any atom is 0.329 e. The van der Waals surface area contributed by atoms with Gasteiger partial charge in [0.05, 0.1) is 9.79 Å². The maximum absolute atomic E-state index is 12.1. The molecule has 0 aliphatic heterocycles. The van der Waals surface area contributed by atoms with Crippen molar-refractivity contribution in [1.29, 1.82) is 0 Å². The summed E-state index contributed by atoms with van der Waals surface area (Å²) in [5.41, 5.74) is 1.64. The molecule has 13 nitrogen and oxygen atoms in total. The first-order chi connectivity index (χ1) is 13.1. The van der Waals surface area contributed by atoms with Crippen LogP contribution in [0, 0.1) is 0 Å². The van der Waals surface area contributed by atoms with Crippen LogP contribution in [0.1, 0.15) is 0 Å². The number of rotatable bonds is 8. The van der Waals surface area contributed by atoms with E-state index in [1.165, 1.54) is 36.4 Å². The smallest absolute Gasteiger partial charge is 0.329 e. The molecular formula is C12H14N6O7S3. The second-order valence-corrected chi connectivity index (χ2v) is 9.02. The van der Waals surface area contributed by atoms with E-state index in [0.717, 1.165) is 12.1 Å². The quantitative estimate of drug-likeness (QED) is 0.284. The van der Waals surface area contributed by atoms with Crippen molar-refractivity contribution in [2.24, 2.45) is 16.2 Å². The predicted molar refractivity (Wildman–Crippen MR) is 95.2 cm³/mol. The van der Waals surface area contributed by atoms with Crippen molar-refractivity contribution >= 4 is 30.5 Å². The molecule has 0 amide bonds. The Morgan fingerprint density at radius 1 is 0.893 bits per heavy atom. The van der Waals surface area contributed by atoms with Gasteiger partial charge in [0.25, 0.3) is 20.0 Å². The van der Waals surface area contributed by atoms with Crippen LogP contribution in [0.4, 0.5) is 0 Å². The van der Waals surface area contributed by atoms with Crippen molar-refractivity contribution in [2.75, 3.05) is 0 Å². The minimum atomic E-state index is -4.26. The molecule has 6 N–H and O–H groups in total. The Bertz CT molecular complexity index is 1170. The fraction of sp³-hybridized carbons (Fsp3) is 0. The number of sulfonamides is 2. The molecule has 0 unspecified atom stereocenters. The fourth-order valence-corrected chi connectivity index (χ4v) is 3.50. The Morgan fingerprint density at radius 2 is 1.36 bits per heavy atom. The third kappa shape index (κ3) is 5.30. The van der Waals surface area contributed by atoms with Crippen molar-refractivity contribution in [2.45, 2.75) is 9.79 Å². The lowest BCUT2D eigenvalue weighted by Crippen LogP contribution is -2.45. The number of nitrogens with two attached hydrogens (primary N) is 2. The Morgan fingerprint density at radius 3 is 1.79 bits per heavy atom. The summed E-state index contributed by atoms with van der Waals surface area (Å²) in [5, 5.41) is 0. The fourth-order valence-electron chi connectivity index (χ4n) is 1.81. The van der Waals surface area contributed by atoms with Crippen LogP contribution >= 0.6 is 0 Å². The van der Waals surface area contributed by atoms with Crippen molar-refractivity contribution in [3.8, 4) is 11.5 Å². The first-order valence-corrected chi connectivity index (χ1v) is 11.0. The van der Waals surface area contributed by atoms with Crippen LogP contribution in [-0.2, 0) is 30.5 Å². The van der Waals surface area contributed by atoms with E-state index >= 15 is 0 Å². The molecule has 0 heterocycles. The topological polar surface area (TPSA) is 203 Å². The molecule has 0 saturated carbocycles. The highest BCUT2D eigenvalue weighted by Gasteiger charge is 2.21. The lowest BCUT2D eigenvalue weighted by Gasteiger charge is -2.14. The molecule has 0 aromatic heterocycles. The summed E-state index contributed by atoms with van der Waals surface area (Å²) in [6.45, 7) is 0. The van der Waals surface area contributed by atoms with Gasteiger partial charge in [-0.2, -0.15) is 13.2 Å². The standard InChI is InChI=1S/C12H14N6O7S3/c13-15-27(21,22)11-5-1-9(2-6-11)25-10-3-7-12(8-4-10)28(23,24)18(14)16-17-26(19)20/h1-8,15-16H,13-14H2. The summed E-state index contributed by atoms with van der Waals surface area (Å²) < 4.78 is 76.2. The molecule has 0 saturated heterocycles. The number of ether oxygens (including phenoxy) is 1. The van der Waals surface area contributed by atoms with Crippen molar-refractivity contribution in [1.82, 2.24) is 14.9 Å². The average Bonchev–Trinajstić information content (AvgIpc) is 2.66. The molecule has 0 bridgehead atoms. The summed E-state index contributed by atoms with van der Waals surface area (Å²) >= 11 is 0. The van der Waals surface area contributed by atoms with Gasteiger partial charge in [-0.3, -0.25) is 5.84 Å². The van der Waals surface area contributed by atoms with Crippen LogP contribution in [0.2, 0.25) is 0 Å². The first kappa shape index (κ1) is 21.9. The molecule has 0 radical (unpaired) electrons. The van der Waals surface area contributed by atoms with Gasteiger partial charge in [0, 0.05) is 0 Å². The van der Waals surface area contributed by atoms with E-state index in [1.54, 1.807) is 10.4 Å². The number of nitrogens with one attached hydrogen (secondary N) is 2. The Labute approximate surface area is 161 Å². The van der Waals surface area contributed by atoms with Crippen LogP contribution in [-0.4, -0.2) is 29.8 Å². The van der Waals surface area contributed by atoms with Gasteiger partial charge in [-0.1, -0.05) is 4.47 Å². The average molecular weight is 450 g/mol. The van der Waals surface area contributed by atoms with Gasteiger partial charge < -0.3 is 4.74 Å². The summed E-state index contributed by atoms with van der Waals surface area (Å²) in [6, 6.07) is 10.3. The number of nitrogens with zero attached hydrogens (tertiary/aromatic N) is 2. The van der Waals surface area contributed by atoms with Crippen LogP contribution in [0.25, 0.3) is 0 Å². The van der Waals surface area contributed by atoms with Gasteiger partial charge in [0.15, 0.2) is 0 Å². The summed E-state index contributed by atoms with van der Waals surface area (Å²) in [7, 11) is -11.0. The summed E-state index contributed by atoms with van der Waals surface area (Å²) in [6.07, 6.45) is 0. The lowest BCUT2D eigenvalue weighted by atomic mass is 10.3. The summed E-state index contributed by atoms with van der Waals surface area (Å²) in [4.78, 5) is 1.35. The molecule has 0 spiro atoms. The van der Waals surface area contributed by atoms with Gasteiger partial charge in [-0.05, 0) is 53.1 Å². The highest BCUT2D eigenvalue weighted by atomic mass is 32.2. The largest absolute Gasteiger partial charge is 0.457 e. The maximum atomic E-state index is 12.1. The van der Waals surface area contributed by atoms with E-state index < -0.39 is 30.5 Å². The lowest BCUT2D eigenvalue weighted by molar-refractivity contribution is 0.336. The summed E-state index contributed by atoms with van der Waals surface area (Å²) in [5.74, 6) is 10.7. The zero-order valence-electron chi connectivity index (χ0n) is 13.8. The van der Waals surface area contributed by atoms with Crippen molar-refractivity contribution in [3.05, 3.63) is 48.5 Å². The molecule has 16 heteroatoms. The van der Waals surface area contributed by atoms with Gasteiger partial charge >= 0.3 is 10.5 Å². The second kappa shape index (κ2) is 8.71. The van der Waals surface area contributed by atoms with Gasteiger partial charge in [0.1, 0.15) is 11.5 Å². The SMILES string of the molecule is NNS(=O)(=O)c1ccc(Oc2ccc(S(=O)(=O)N(N)NN=S(=O)=O)cc2)cc1. The normalized spacial score (nSPS) is 12.0. The third-order valence-corrected chi connectivity index (χ3v) is 6.02. The van der Waals surface area contributed by atoms with Gasteiger partial charge in [-0.25, -0.2) is 22.7 Å². The second-order valence-electron chi connectivity index (χ2n) is 4.88.